The van der Waals surface area contributed by atoms with Gasteiger partial charge in [0, 0.05) is 0 Å². The molecule has 1 unspecified atom stereocenters. The van der Waals surface area contributed by atoms with Gasteiger partial charge in [-0.1, -0.05) is 0 Å². The predicted octanol–water partition coefficient (Wildman–Crippen LogP) is 1.36. The summed E-state index contributed by atoms with van der Waals surface area (Å²) in [4.78, 5) is 10.5. The van der Waals surface area contributed by atoms with E-state index in [-0.39, 0.29) is 20.7 Å². The molecule has 0 amide bonds. The molecular formula is C10H11FOSe. The third-order valence-electron chi connectivity index (χ3n) is 1.62. The van der Waals surface area contributed by atoms with E-state index in [1.807, 2.05) is 30.3 Å². The molecule has 1 atom stereocenters. The van der Waals surface area contributed by atoms with Crippen molar-refractivity contribution >= 4 is 25.2 Å². The third-order valence-corrected chi connectivity index (χ3v) is 4.31. The number of rotatable bonds is 4. The van der Waals surface area contributed by atoms with Crippen LogP contribution in [0.1, 0.15) is 6.92 Å². The Hall–Kier alpha value is -0.661. The number of hydrogen-bond acceptors (Lipinski definition) is 1. The summed E-state index contributed by atoms with van der Waals surface area (Å²) in [6.45, 7) is 0.916. The second-order valence-electron chi connectivity index (χ2n) is 2.68. The van der Waals surface area contributed by atoms with E-state index in [4.69, 9.17) is 0 Å². The molecule has 0 bridgehead atoms. The predicted molar refractivity (Wildman–Crippen MR) is 52.2 cm³/mol. The Morgan fingerprint density at radius 3 is 2.54 bits per heavy atom. The molecule has 0 fully saturated rings. The quantitative estimate of drug-likeness (QED) is 0.732. The summed E-state index contributed by atoms with van der Waals surface area (Å²) in [7, 11) is 0. The summed E-state index contributed by atoms with van der Waals surface area (Å²) in [5.74, 6) is -0.0497. The molecular weight excluding hydrogens is 234 g/mol. The molecule has 1 aromatic rings. The van der Waals surface area contributed by atoms with Gasteiger partial charge < -0.3 is 0 Å². The van der Waals surface area contributed by atoms with Gasteiger partial charge in [0.05, 0.1) is 0 Å². The summed E-state index contributed by atoms with van der Waals surface area (Å²) >= 11 is -0.0676. The number of ketones is 1. The molecule has 0 saturated heterocycles. The van der Waals surface area contributed by atoms with E-state index in [0.717, 1.165) is 4.46 Å². The van der Waals surface area contributed by atoms with E-state index in [2.05, 4.69) is 0 Å². The van der Waals surface area contributed by atoms with Gasteiger partial charge >= 0.3 is 83.1 Å². The van der Waals surface area contributed by atoms with Crippen LogP contribution >= 0.6 is 0 Å². The number of Topliss-reactive ketones (excluding diaryl/α,β-unsaturated/α-hetero) is 1. The zero-order chi connectivity index (χ0) is 9.68. The van der Waals surface area contributed by atoms with E-state index >= 15 is 0 Å². The molecule has 0 aromatic heterocycles. The Kier molecular flexibility index (Phi) is 4.13. The van der Waals surface area contributed by atoms with Gasteiger partial charge in [-0.3, -0.25) is 0 Å². The van der Waals surface area contributed by atoms with Crippen molar-refractivity contribution < 1.29 is 9.18 Å². The number of hydrogen-bond donors (Lipinski definition) is 0. The van der Waals surface area contributed by atoms with Crippen LogP contribution in [0.25, 0.3) is 0 Å². The molecule has 0 aliphatic heterocycles. The van der Waals surface area contributed by atoms with Crippen molar-refractivity contribution in [1.29, 1.82) is 0 Å². The summed E-state index contributed by atoms with van der Waals surface area (Å²) in [6, 6.07) is 9.61. The van der Waals surface area contributed by atoms with Crippen LogP contribution in [0.15, 0.2) is 30.3 Å². The Balaban J connectivity index is 2.62. The SMILES string of the molecule is CC(=O)C(CF)[Se]c1ccccc1. The van der Waals surface area contributed by atoms with Crippen LogP contribution < -0.4 is 4.46 Å². The fourth-order valence-electron chi connectivity index (χ4n) is 0.886. The van der Waals surface area contributed by atoms with Gasteiger partial charge in [0.1, 0.15) is 0 Å². The average Bonchev–Trinajstić information content (AvgIpc) is 2.15. The van der Waals surface area contributed by atoms with Crippen molar-refractivity contribution in [3.63, 3.8) is 0 Å². The number of halogens is 1. The van der Waals surface area contributed by atoms with Crippen molar-refractivity contribution in [2.24, 2.45) is 0 Å². The van der Waals surface area contributed by atoms with Crippen LogP contribution in [0, 0.1) is 0 Å². The van der Waals surface area contributed by atoms with Crippen LogP contribution in [0.4, 0.5) is 4.39 Å². The fourth-order valence-corrected chi connectivity index (χ4v) is 2.72. The second-order valence-corrected chi connectivity index (χ2v) is 5.36. The topological polar surface area (TPSA) is 17.1 Å². The minimum atomic E-state index is -0.537. The zero-order valence-corrected chi connectivity index (χ0v) is 9.08. The Morgan fingerprint density at radius 1 is 1.46 bits per heavy atom. The van der Waals surface area contributed by atoms with Gasteiger partial charge in [0.25, 0.3) is 0 Å². The van der Waals surface area contributed by atoms with Crippen LogP contribution in [0.5, 0.6) is 0 Å². The van der Waals surface area contributed by atoms with Crippen LogP contribution in [0.3, 0.4) is 0 Å². The first kappa shape index (κ1) is 10.4. The molecule has 0 radical (unpaired) electrons. The Labute approximate surface area is 83.5 Å². The van der Waals surface area contributed by atoms with Crippen molar-refractivity contribution in [2.45, 2.75) is 11.7 Å². The maximum atomic E-state index is 12.4. The molecule has 13 heavy (non-hydrogen) atoms. The minimum absolute atomic E-state index is 0.0497. The summed E-state index contributed by atoms with van der Waals surface area (Å²) < 4.78 is 13.5. The molecule has 0 aliphatic carbocycles. The molecule has 1 aromatic carbocycles. The van der Waals surface area contributed by atoms with Crippen LogP contribution in [-0.4, -0.2) is 27.4 Å². The van der Waals surface area contributed by atoms with E-state index in [1.54, 1.807) is 0 Å². The van der Waals surface area contributed by atoms with Crippen LogP contribution in [-0.2, 0) is 4.79 Å². The third kappa shape index (κ3) is 3.29. The summed E-state index contributed by atoms with van der Waals surface area (Å²) in [5, 5.41) is 0. The molecule has 1 nitrogen and oxygen atoms in total. The first-order valence-corrected chi connectivity index (χ1v) is 5.86. The van der Waals surface area contributed by atoms with E-state index in [9.17, 15) is 9.18 Å². The van der Waals surface area contributed by atoms with Crippen molar-refractivity contribution in [1.82, 2.24) is 0 Å². The molecule has 0 aliphatic rings. The number of benzene rings is 1. The number of alkyl halides is 1. The fraction of sp³-hybridized carbons (Fsp3) is 0.300. The Bertz CT molecular complexity index is 274. The van der Waals surface area contributed by atoms with E-state index < -0.39 is 11.5 Å². The molecule has 70 valence electrons. The molecule has 3 heteroatoms. The van der Waals surface area contributed by atoms with E-state index in [1.165, 1.54) is 6.92 Å². The van der Waals surface area contributed by atoms with E-state index in [0.29, 0.717) is 0 Å². The van der Waals surface area contributed by atoms with Gasteiger partial charge in [0.2, 0.25) is 0 Å². The summed E-state index contributed by atoms with van der Waals surface area (Å²) in [5.41, 5.74) is 0. The average molecular weight is 245 g/mol. The van der Waals surface area contributed by atoms with Crippen molar-refractivity contribution in [3.05, 3.63) is 30.3 Å². The molecule has 0 spiro atoms. The number of carbonyl (C=O) groups excluding carboxylic acids is 1. The van der Waals surface area contributed by atoms with Gasteiger partial charge in [-0.2, -0.15) is 0 Å². The molecule has 1 rings (SSSR count). The van der Waals surface area contributed by atoms with Gasteiger partial charge in [-0.15, -0.1) is 0 Å². The molecule has 0 saturated carbocycles. The normalized spacial score (nSPS) is 12.5. The van der Waals surface area contributed by atoms with Gasteiger partial charge in [-0.25, -0.2) is 0 Å². The maximum absolute atomic E-state index is 12.4. The van der Waals surface area contributed by atoms with Gasteiger partial charge in [-0.05, 0) is 0 Å². The Morgan fingerprint density at radius 2 is 2.08 bits per heavy atom. The summed E-state index contributed by atoms with van der Waals surface area (Å²) in [6.07, 6.45) is 0. The monoisotopic (exact) mass is 246 g/mol. The zero-order valence-electron chi connectivity index (χ0n) is 7.37. The first-order chi connectivity index (χ1) is 6.24. The second kappa shape index (κ2) is 5.15. The van der Waals surface area contributed by atoms with Crippen LogP contribution in [0.2, 0.25) is 4.82 Å². The van der Waals surface area contributed by atoms with Crippen molar-refractivity contribution in [2.75, 3.05) is 6.67 Å². The van der Waals surface area contributed by atoms with Crippen molar-refractivity contribution in [3.8, 4) is 0 Å². The standard InChI is InChI=1S/C10H11FOSe/c1-8(12)10(7-11)13-9-5-3-2-4-6-9/h2-6,10H,7H2,1H3. The van der Waals surface area contributed by atoms with Gasteiger partial charge in [0.15, 0.2) is 0 Å². The molecule has 0 heterocycles. The molecule has 0 N–H and O–H groups in total. The number of carbonyl (C=O) groups is 1. The first-order valence-electron chi connectivity index (χ1n) is 4.02.